The maximum Gasteiger partial charge on any atom is 0.265 e. The van der Waals surface area contributed by atoms with Gasteiger partial charge in [-0.1, -0.05) is 0 Å². The molecule has 0 saturated heterocycles. The third kappa shape index (κ3) is 4.52. The Morgan fingerprint density at radius 3 is 2.31 bits per heavy atom. The van der Waals surface area contributed by atoms with E-state index in [4.69, 9.17) is 14.7 Å². The van der Waals surface area contributed by atoms with Crippen LogP contribution in [-0.2, 0) is 10.0 Å². The van der Waals surface area contributed by atoms with Crippen molar-refractivity contribution in [2.75, 3.05) is 7.11 Å². The van der Waals surface area contributed by atoms with Gasteiger partial charge >= 0.3 is 0 Å². The van der Waals surface area contributed by atoms with Crippen LogP contribution in [-0.4, -0.2) is 27.5 Å². The molecule has 0 spiro atoms. The summed E-state index contributed by atoms with van der Waals surface area (Å²) in [5, 5.41) is 8.76. The number of sulfonamides is 1. The number of benzene rings is 2. The van der Waals surface area contributed by atoms with Gasteiger partial charge in [0.2, 0.25) is 0 Å². The van der Waals surface area contributed by atoms with E-state index in [0.717, 1.165) is 0 Å². The molecule has 0 unspecified atom stereocenters. The van der Waals surface area contributed by atoms with Crippen molar-refractivity contribution in [3.63, 3.8) is 0 Å². The SMILES string of the molecule is COc1cc(C(=O)NS(=O)(=O)c2ccc(C#N)cc2)ccc1OC(C)C. The molecule has 1 amide bonds. The number of methoxy groups -OCH3 is 1. The molecule has 0 aliphatic rings. The molecule has 1 N–H and O–H groups in total. The number of ether oxygens (including phenoxy) is 2. The molecule has 8 heteroatoms. The van der Waals surface area contributed by atoms with Gasteiger partial charge in [0.1, 0.15) is 0 Å². The lowest BCUT2D eigenvalue weighted by atomic mass is 10.2. The van der Waals surface area contributed by atoms with Crippen molar-refractivity contribution in [2.24, 2.45) is 0 Å². The van der Waals surface area contributed by atoms with Crippen LogP contribution in [0.1, 0.15) is 29.8 Å². The van der Waals surface area contributed by atoms with Gasteiger partial charge in [-0.05, 0) is 56.3 Å². The Kier molecular flexibility index (Phi) is 5.85. The molecular formula is C18H18N2O5S. The number of carbonyl (C=O) groups is 1. The van der Waals surface area contributed by atoms with Crippen LogP contribution in [0, 0.1) is 11.3 Å². The van der Waals surface area contributed by atoms with Crippen LogP contribution in [0.3, 0.4) is 0 Å². The summed E-state index contributed by atoms with van der Waals surface area (Å²) in [5.74, 6) is -0.0279. The normalized spacial score (nSPS) is 10.9. The van der Waals surface area contributed by atoms with Gasteiger partial charge in [0, 0.05) is 5.56 Å². The summed E-state index contributed by atoms with van der Waals surface area (Å²) in [5.41, 5.74) is 0.427. The van der Waals surface area contributed by atoms with Gasteiger partial charge < -0.3 is 9.47 Å². The average Bonchev–Trinajstić information content (AvgIpc) is 2.61. The number of nitrogens with zero attached hydrogens (tertiary/aromatic N) is 1. The summed E-state index contributed by atoms with van der Waals surface area (Å²) in [6, 6.07) is 11.5. The first kappa shape index (κ1) is 19.3. The number of hydrogen-bond donors (Lipinski definition) is 1. The first-order chi connectivity index (χ1) is 12.3. The Bertz CT molecular complexity index is 945. The topological polar surface area (TPSA) is 105 Å². The summed E-state index contributed by atoms with van der Waals surface area (Å²) < 4.78 is 37.4. The summed E-state index contributed by atoms with van der Waals surface area (Å²) in [6.07, 6.45) is -0.0830. The highest BCUT2D eigenvalue weighted by Crippen LogP contribution is 2.29. The zero-order valence-electron chi connectivity index (χ0n) is 14.5. The Balaban J connectivity index is 2.24. The number of nitrogens with one attached hydrogen (secondary N) is 1. The lowest BCUT2D eigenvalue weighted by Crippen LogP contribution is -2.30. The van der Waals surface area contributed by atoms with Crippen LogP contribution in [0.4, 0.5) is 0 Å². The molecule has 0 aliphatic heterocycles. The molecule has 0 heterocycles. The van der Waals surface area contributed by atoms with Gasteiger partial charge in [-0.15, -0.1) is 0 Å². The lowest BCUT2D eigenvalue weighted by Gasteiger charge is -2.14. The van der Waals surface area contributed by atoms with Crippen molar-refractivity contribution in [2.45, 2.75) is 24.8 Å². The maximum atomic E-state index is 12.3. The Morgan fingerprint density at radius 2 is 1.77 bits per heavy atom. The molecule has 26 heavy (non-hydrogen) atoms. The fraction of sp³-hybridized carbons (Fsp3) is 0.222. The zero-order chi connectivity index (χ0) is 19.3. The molecule has 0 bridgehead atoms. The standard InChI is InChI=1S/C18H18N2O5S/c1-12(2)25-16-9-6-14(10-17(16)24-3)18(21)20-26(22,23)15-7-4-13(11-19)5-8-15/h4-10,12H,1-3H3,(H,20,21). The smallest absolute Gasteiger partial charge is 0.265 e. The molecular weight excluding hydrogens is 356 g/mol. The van der Waals surface area contributed by atoms with Crippen molar-refractivity contribution in [1.82, 2.24) is 4.72 Å². The first-order valence-corrected chi connectivity index (χ1v) is 9.17. The van der Waals surface area contributed by atoms with Gasteiger partial charge in [0.25, 0.3) is 15.9 Å². The maximum absolute atomic E-state index is 12.3. The molecule has 0 atom stereocenters. The van der Waals surface area contributed by atoms with E-state index in [1.807, 2.05) is 24.6 Å². The number of hydrogen-bond acceptors (Lipinski definition) is 6. The average molecular weight is 374 g/mol. The highest BCUT2D eigenvalue weighted by molar-refractivity contribution is 7.90. The van der Waals surface area contributed by atoms with Crippen molar-refractivity contribution in [3.05, 3.63) is 53.6 Å². The second kappa shape index (κ2) is 7.89. The quantitative estimate of drug-likeness (QED) is 0.833. The molecule has 0 aliphatic carbocycles. The fourth-order valence-electron chi connectivity index (χ4n) is 2.11. The largest absolute Gasteiger partial charge is 0.493 e. The Hall–Kier alpha value is -3.05. The van der Waals surface area contributed by atoms with Gasteiger partial charge in [0.05, 0.1) is 29.7 Å². The summed E-state index contributed by atoms with van der Waals surface area (Å²) in [7, 11) is -2.63. The summed E-state index contributed by atoms with van der Waals surface area (Å²) in [4.78, 5) is 12.2. The Morgan fingerprint density at radius 1 is 1.12 bits per heavy atom. The molecule has 0 fully saturated rings. The first-order valence-electron chi connectivity index (χ1n) is 7.69. The van der Waals surface area contributed by atoms with Crippen LogP contribution in [0.15, 0.2) is 47.4 Å². The van der Waals surface area contributed by atoms with Crippen molar-refractivity contribution in [3.8, 4) is 17.6 Å². The fourth-order valence-corrected chi connectivity index (χ4v) is 3.08. The van der Waals surface area contributed by atoms with E-state index in [2.05, 4.69) is 0 Å². The molecule has 2 aromatic carbocycles. The van der Waals surface area contributed by atoms with Crippen LogP contribution < -0.4 is 14.2 Å². The highest BCUT2D eigenvalue weighted by atomic mass is 32.2. The predicted molar refractivity (Wildman–Crippen MR) is 94.6 cm³/mol. The lowest BCUT2D eigenvalue weighted by molar-refractivity contribution is 0.0981. The van der Waals surface area contributed by atoms with Crippen LogP contribution >= 0.6 is 0 Å². The minimum atomic E-state index is -4.06. The van der Waals surface area contributed by atoms with E-state index in [-0.39, 0.29) is 16.6 Å². The van der Waals surface area contributed by atoms with E-state index in [0.29, 0.717) is 17.1 Å². The molecule has 0 radical (unpaired) electrons. The Labute approximate surface area is 152 Å². The molecule has 2 aromatic rings. The number of carbonyl (C=O) groups excluding carboxylic acids is 1. The second-order valence-corrected chi connectivity index (χ2v) is 7.29. The minimum Gasteiger partial charge on any atom is -0.493 e. The monoisotopic (exact) mass is 374 g/mol. The zero-order valence-corrected chi connectivity index (χ0v) is 15.3. The second-order valence-electron chi connectivity index (χ2n) is 5.60. The van der Waals surface area contributed by atoms with Crippen molar-refractivity contribution < 1.29 is 22.7 Å². The molecule has 7 nitrogen and oxygen atoms in total. The molecule has 2 rings (SSSR count). The van der Waals surface area contributed by atoms with Gasteiger partial charge in [-0.2, -0.15) is 5.26 Å². The predicted octanol–water partition coefficient (Wildman–Crippen LogP) is 2.47. The van der Waals surface area contributed by atoms with E-state index < -0.39 is 15.9 Å². The minimum absolute atomic E-state index is 0.0830. The van der Waals surface area contributed by atoms with Crippen LogP contribution in [0.2, 0.25) is 0 Å². The highest BCUT2D eigenvalue weighted by Gasteiger charge is 2.20. The van der Waals surface area contributed by atoms with E-state index in [1.54, 1.807) is 6.07 Å². The molecule has 0 saturated carbocycles. The summed E-state index contributed by atoms with van der Waals surface area (Å²) in [6.45, 7) is 3.70. The van der Waals surface area contributed by atoms with Crippen molar-refractivity contribution >= 4 is 15.9 Å². The van der Waals surface area contributed by atoms with E-state index in [9.17, 15) is 13.2 Å². The van der Waals surface area contributed by atoms with Gasteiger partial charge in [-0.25, -0.2) is 13.1 Å². The van der Waals surface area contributed by atoms with E-state index in [1.165, 1.54) is 43.5 Å². The van der Waals surface area contributed by atoms with Crippen LogP contribution in [0.25, 0.3) is 0 Å². The molecule has 0 aromatic heterocycles. The summed E-state index contributed by atoms with van der Waals surface area (Å²) >= 11 is 0. The molecule has 136 valence electrons. The number of rotatable bonds is 6. The number of amides is 1. The number of nitriles is 1. The third-order valence-corrected chi connectivity index (χ3v) is 4.66. The van der Waals surface area contributed by atoms with E-state index >= 15 is 0 Å². The van der Waals surface area contributed by atoms with Gasteiger partial charge in [-0.3, -0.25) is 4.79 Å². The van der Waals surface area contributed by atoms with Crippen molar-refractivity contribution in [1.29, 1.82) is 5.26 Å². The third-order valence-electron chi connectivity index (χ3n) is 3.31. The van der Waals surface area contributed by atoms with Crippen LogP contribution in [0.5, 0.6) is 11.5 Å². The van der Waals surface area contributed by atoms with Gasteiger partial charge in [0.15, 0.2) is 11.5 Å².